The monoisotopic (exact) mass is 214 g/mol. The smallest absolute Gasteiger partial charge is 0.240 e. The predicted molar refractivity (Wildman–Crippen MR) is 53.8 cm³/mol. The number of carbonyl (C=O) groups is 1. The Morgan fingerprint density at radius 1 is 1.64 bits per heavy atom. The van der Waals surface area contributed by atoms with Crippen LogP contribution in [-0.4, -0.2) is 28.2 Å². The molecule has 0 aliphatic heterocycles. The largest absolute Gasteiger partial charge is 0.354 e. The van der Waals surface area contributed by atoms with Crippen LogP contribution in [0.5, 0.6) is 0 Å². The van der Waals surface area contributed by atoms with E-state index in [0.717, 1.165) is 0 Å². The second-order valence-electron chi connectivity index (χ2n) is 3.38. The van der Waals surface area contributed by atoms with Gasteiger partial charge >= 0.3 is 0 Å². The third kappa shape index (κ3) is 2.55. The van der Waals surface area contributed by atoms with Gasteiger partial charge in [0.25, 0.3) is 0 Å². The molecule has 5 heteroatoms. The lowest BCUT2D eigenvalue weighted by Gasteiger charge is -2.06. The molecule has 1 aliphatic rings. The maximum atomic E-state index is 11.4. The van der Waals surface area contributed by atoms with E-state index < -0.39 is 16.2 Å². The van der Waals surface area contributed by atoms with E-state index in [1.807, 2.05) is 13.0 Å². The number of hydrogen-bond donors (Lipinski definition) is 1. The van der Waals surface area contributed by atoms with E-state index in [1.165, 1.54) is 0 Å². The molecule has 1 amide bonds. The molecule has 1 atom stereocenters. The van der Waals surface area contributed by atoms with Crippen molar-refractivity contribution in [3.63, 3.8) is 0 Å². The molecule has 0 bridgehead atoms. The zero-order chi connectivity index (χ0) is 10.6. The van der Waals surface area contributed by atoms with Crippen LogP contribution in [0, 0.1) is 16.7 Å². The molecule has 14 heavy (non-hydrogen) atoms. The number of rotatable bonds is 5. The second kappa shape index (κ2) is 4.56. The van der Waals surface area contributed by atoms with Gasteiger partial charge < -0.3 is 5.32 Å². The Balaban J connectivity index is 2.23. The van der Waals surface area contributed by atoms with Crippen molar-refractivity contribution in [1.29, 1.82) is 5.26 Å². The summed E-state index contributed by atoms with van der Waals surface area (Å²) in [5, 5.41) is 11.4. The van der Waals surface area contributed by atoms with Crippen molar-refractivity contribution in [1.82, 2.24) is 5.32 Å². The lowest BCUT2D eigenvalue weighted by Crippen LogP contribution is -2.34. The molecule has 0 heterocycles. The molecule has 0 aromatic heterocycles. The molecule has 4 nitrogen and oxygen atoms in total. The molecule has 1 unspecified atom stereocenters. The van der Waals surface area contributed by atoms with Gasteiger partial charge in [-0.3, -0.25) is 9.00 Å². The molecule has 0 aromatic rings. The highest BCUT2D eigenvalue weighted by atomic mass is 32.2. The third-order valence-corrected chi connectivity index (χ3v) is 3.64. The van der Waals surface area contributed by atoms with Gasteiger partial charge in [0.05, 0.1) is 6.07 Å². The van der Waals surface area contributed by atoms with Crippen molar-refractivity contribution in [3.8, 4) is 6.07 Å². The zero-order valence-electron chi connectivity index (χ0n) is 8.21. The molecule has 0 aromatic carbocycles. The summed E-state index contributed by atoms with van der Waals surface area (Å²) in [6, 6.07) is 2.02. The Morgan fingerprint density at radius 2 is 2.29 bits per heavy atom. The SMILES string of the molecule is CCS(=O)CCNC(=O)C1(C#N)CC1. The molecule has 1 rings (SSSR count). The molecule has 78 valence electrons. The highest BCUT2D eigenvalue weighted by Gasteiger charge is 2.50. The van der Waals surface area contributed by atoms with Crippen molar-refractivity contribution in [2.45, 2.75) is 19.8 Å². The van der Waals surface area contributed by atoms with Crippen LogP contribution in [0.2, 0.25) is 0 Å². The highest BCUT2D eigenvalue weighted by molar-refractivity contribution is 7.84. The number of hydrogen-bond acceptors (Lipinski definition) is 3. The molecule has 1 aliphatic carbocycles. The van der Waals surface area contributed by atoms with E-state index in [0.29, 0.717) is 30.9 Å². The van der Waals surface area contributed by atoms with Gasteiger partial charge in [0.15, 0.2) is 0 Å². The van der Waals surface area contributed by atoms with Crippen molar-refractivity contribution in [2.24, 2.45) is 5.41 Å². The minimum atomic E-state index is -0.849. The average Bonchev–Trinajstić information content (AvgIpc) is 2.98. The summed E-state index contributed by atoms with van der Waals surface area (Å²) < 4.78 is 11.0. The number of carbonyl (C=O) groups excluding carboxylic acids is 1. The van der Waals surface area contributed by atoms with Gasteiger partial charge in [-0.15, -0.1) is 0 Å². The Labute approximate surface area is 86.1 Å². The first kappa shape index (κ1) is 11.2. The maximum Gasteiger partial charge on any atom is 0.240 e. The molecule has 1 N–H and O–H groups in total. The van der Waals surface area contributed by atoms with E-state index in [4.69, 9.17) is 5.26 Å². The Hall–Kier alpha value is -0.890. The number of amides is 1. The van der Waals surface area contributed by atoms with Gasteiger partial charge in [-0.05, 0) is 12.8 Å². The normalized spacial score (nSPS) is 19.4. The molecule has 1 fully saturated rings. The lowest BCUT2D eigenvalue weighted by molar-refractivity contribution is -0.124. The average molecular weight is 214 g/mol. The van der Waals surface area contributed by atoms with E-state index in [2.05, 4.69) is 5.32 Å². The fourth-order valence-corrected chi connectivity index (χ4v) is 1.72. The fraction of sp³-hybridized carbons (Fsp3) is 0.778. The van der Waals surface area contributed by atoms with Crippen LogP contribution in [0.15, 0.2) is 0 Å². The predicted octanol–water partition coefficient (Wildman–Crippen LogP) is 0.175. The Bertz CT molecular complexity index is 292. The summed E-state index contributed by atoms with van der Waals surface area (Å²) in [5.74, 6) is 0.885. The van der Waals surface area contributed by atoms with Crippen LogP contribution in [-0.2, 0) is 15.6 Å². The Morgan fingerprint density at radius 3 is 2.71 bits per heavy atom. The first-order valence-corrected chi connectivity index (χ1v) is 6.18. The van der Waals surface area contributed by atoms with E-state index in [-0.39, 0.29) is 5.91 Å². The highest BCUT2D eigenvalue weighted by Crippen LogP contribution is 2.44. The summed E-state index contributed by atoms with van der Waals surface area (Å²) in [4.78, 5) is 11.4. The van der Waals surface area contributed by atoms with Crippen LogP contribution in [0.3, 0.4) is 0 Å². The van der Waals surface area contributed by atoms with Gasteiger partial charge in [0.2, 0.25) is 5.91 Å². The lowest BCUT2D eigenvalue weighted by atomic mass is 10.1. The molecular formula is C9H14N2O2S. The summed E-state index contributed by atoms with van der Waals surface area (Å²) >= 11 is 0. The maximum absolute atomic E-state index is 11.4. The quantitative estimate of drug-likeness (QED) is 0.709. The summed E-state index contributed by atoms with van der Waals surface area (Å²) in [6.45, 7) is 2.25. The first-order valence-electron chi connectivity index (χ1n) is 4.69. The van der Waals surface area contributed by atoms with Crippen LogP contribution >= 0.6 is 0 Å². The van der Waals surface area contributed by atoms with Gasteiger partial charge in [0.1, 0.15) is 5.41 Å². The van der Waals surface area contributed by atoms with Crippen LogP contribution in [0.4, 0.5) is 0 Å². The molecule has 0 spiro atoms. The number of nitrogens with one attached hydrogen (secondary N) is 1. The topological polar surface area (TPSA) is 70.0 Å². The summed E-state index contributed by atoms with van der Waals surface area (Å²) in [6.07, 6.45) is 1.32. The third-order valence-electron chi connectivity index (χ3n) is 2.34. The van der Waals surface area contributed by atoms with Crippen LogP contribution in [0.25, 0.3) is 0 Å². The second-order valence-corrected chi connectivity index (χ2v) is 5.25. The van der Waals surface area contributed by atoms with Gasteiger partial charge in [0, 0.05) is 28.9 Å². The Kier molecular flexibility index (Phi) is 3.64. The zero-order valence-corrected chi connectivity index (χ0v) is 9.02. The van der Waals surface area contributed by atoms with E-state index in [9.17, 15) is 9.00 Å². The number of nitriles is 1. The van der Waals surface area contributed by atoms with Crippen molar-refractivity contribution in [2.75, 3.05) is 18.1 Å². The molecular weight excluding hydrogens is 200 g/mol. The molecule has 1 saturated carbocycles. The molecule has 0 radical (unpaired) electrons. The standard InChI is InChI=1S/C9H14N2O2S/c1-2-14(13)6-5-11-8(12)9(7-10)3-4-9/h2-6H2,1H3,(H,11,12). The fourth-order valence-electron chi connectivity index (χ4n) is 1.11. The summed E-state index contributed by atoms with van der Waals surface area (Å²) in [7, 11) is -0.849. The van der Waals surface area contributed by atoms with E-state index >= 15 is 0 Å². The minimum Gasteiger partial charge on any atom is -0.354 e. The van der Waals surface area contributed by atoms with Gasteiger partial charge in [-0.25, -0.2) is 0 Å². The number of nitrogens with zero attached hydrogens (tertiary/aromatic N) is 1. The molecule has 0 saturated heterocycles. The van der Waals surface area contributed by atoms with E-state index in [1.54, 1.807) is 0 Å². The van der Waals surface area contributed by atoms with Gasteiger partial charge in [-0.1, -0.05) is 6.92 Å². The van der Waals surface area contributed by atoms with Crippen molar-refractivity contribution >= 4 is 16.7 Å². The van der Waals surface area contributed by atoms with Gasteiger partial charge in [-0.2, -0.15) is 5.26 Å². The van der Waals surface area contributed by atoms with Crippen LogP contribution < -0.4 is 5.32 Å². The minimum absolute atomic E-state index is 0.201. The van der Waals surface area contributed by atoms with Crippen molar-refractivity contribution in [3.05, 3.63) is 0 Å². The van der Waals surface area contributed by atoms with Crippen molar-refractivity contribution < 1.29 is 9.00 Å². The first-order chi connectivity index (χ1) is 6.64. The summed E-state index contributed by atoms with van der Waals surface area (Å²) in [5.41, 5.74) is -0.756. The van der Waals surface area contributed by atoms with Crippen LogP contribution in [0.1, 0.15) is 19.8 Å².